The van der Waals surface area contributed by atoms with Crippen LogP contribution in [-0.4, -0.2) is 50.6 Å². The molecule has 1 unspecified atom stereocenters. The molecule has 15 heavy (non-hydrogen) atoms. The Bertz CT molecular complexity index is 217. The maximum Gasteiger partial charge on any atom is 0.326 e. The first-order chi connectivity index (χ1) is 7.17. The highest BCUT2D eigenvalue weighted by Gasteiger charge is 2.50. The Hall–Kier alpha value is -0.650. The quantitative estimate of drug-likeness (QED) is 0.564. The Morgan fingerprint density at radius 2 is 2.20 bits per heavy atom. The monoisotopic (exact) mass is 217 g/mol. The average molecular weight is 217 g/mol. The molecule has 0 saturated heterocycles. The number of methoxy groups -OCH3 is 1. The number of ether oxygens (including phenoxy) is 2. The predicted molar refractivity (Wildman–Crippen MR) is 54.8 cm³/mol. The number of rotatable bonds is 8. The fraction of sp³-hybridized carbons (Fsp3) is 0.900. The van der Waals surface area contributed by atoms with E-state index in [1.165, 1.54) is 0 Å². The lowest BCUT2D eigenvalue weighted by Crippen LogP contribution is -2.56. The van der Waals surface area contributed by atoms with Gasteiger partial charge in [0, 0.05) is 7.11 Å². The Labute approximate surface area is 89.8 Å². The molecule has 2 N–H and O–H groups in total. The number of hydrogen-bond donors (Lipinski definition) is 2. The van der Waals surface area contributed by atoms with Gasteiger partial charge in [0.15, 0.2) is 0 Å². The first kappa shape index (κ1) is 12.4. The third kappa shape index (κ3) is 2.90. The van der Waals surface area contributed by atoms with Crippen molar-refractivity contribution in [3.8, 4) is 0 Å². The van der Waals surface area contributed by atoms with Gasteiger partial charge in [-0.3, -0.25) is 4.79 Å². The van der Waals surface area contributed by atoms with Gasteiger partial charge < -0.3 is 19.9 Å². The smallest absolute Gasteiger partial charge is 0.326 e. The van der Waals surface area contributed by atoms with E-state index in [9.17, 15) is 9.90 Å². The number of carboxylic acid groups (broad SMARTS) is 1. The highest BCUT2D eigenvalue weighted by molar-refractivity contribution is 5.80. The van der Waals surface area contributed by atoms with Crippen molar-refractivity contribution in [2.75, 3.05) is 34.0 Å². The molecule has 1 rings (SSSR count). The summed E-state index contributed by atoms with van der Waals surface area (Å²) in [5, 5.41) is 12.1. The van der Waals surface area contributed by atoms with Gasteiger partial charge in [0.05, 0.1) is 19.8 Å². The van der Waals surface area contributed by atoms with Crippen molar-refractivity contribution in [2.45, 2.75) is 18.4 Å². The van der Waals surface area contributed by atoms with Crippen LogP contribution in [0.2, 0.25) is 0 Å². The van der Waals surface area contributed by atoms with Gasteiger partial charge in [-0.2, -0.15) is 0 Å². The Kier molecular flexibility index (Phi) is 4.50. The molecular weight excluding hydrogens is 198 g/mol. The molecule has 5 nitrogen and oxygen atoms in total. The maximum absolute atomic E-state index is 11.2. The standard InChI is InChI=1S/C10H19NO4/c1-11-10(9(12)13,8-3-4-8)7-15-6-5-14-2/h8,11H,3-7H2,1-2H3,(H,12,13). The molecule has 1 aliphatic carbocycles. The number of carbonyl (C=O) groups is 1. The zero-order chi connectivity index (χ0) is 11.3. The summed E-state index contributed by atoms with van der Waals surface area (Å²) in [6.07, 6.45) is 1.92. The van der Waals surface area contributed by atoms with Crippen LogP contribution in [0, 0.1) is 5.92 Å². The molecule has 1 atom stereocenters. The molecule has 1 fully saturated rings. The summed E-state index contributed by atoms with van der Waals surface area (Å²) < 4.78 is 10.2. The van der Waals surface area contributed by atoms with E-state index in [-0.39, 0.29) is 12.5 Å². The van der Waals surface area contributed by atoms with Crippen molar-refractivity contribution in [2.24, 2.45) is 5.92 Å². The minimum atomic E-state index is -0.909. The van der Waals surface area contributed by atoms with Crippen LogP contribution < -0.4 is 5.32 Å². The van der Waals surface area contributed by atoms with Crippen LogP contribution in [-0.2, 0) is 14.3 Å². The third-order valence-electron chi connectivity index (χ3n) is 2.86. The largest absolute Gasteiger partial charge is 0.480 e. The summed E-state index contributed by atoms with van der Waals surface area (Å²) in [6.45, 7) is 1.12. The normalized spacial score (nSPS) is 19.9. The van der Waals surface area contributed by atoms with Gasteiger partial charge >= 0.3 is 5.97 Å². The second-order valence-corrected chi connectivity index (χ2v) is 3.85. The molecule has 0 aromatic rings. The van der Waals surface area contributed by atoms with Crippen molar-refractivity contribution in [1.29, 1.82) is 0 Å². The van der Waals surface area contributed by atoms with Crippen molar-refractivity contribution >= 4 is 5.97 Å². The van der Waals surface area contributed by atoms with Crippen LogP contribution in [0.5, 0.6) is 0 Å². The number of aliphatic carboxylic acids is 1. The van der Waals surface area contributed by atoms with E-state index in [0.29, 0.717) is 13.2 Å². The van der Waals surface area contributed by atoms with Gasteiger partial charge in [0.2, 0.25) is 0 Å². The van der Waals surface area contributed by atoms with Crippen LogP contribution in [0.1, 0.15) is 12.8 Å². The summed E-state index contributed by atoms with van der Waals surface area (Å²) in [7, 11) is 3.26. The highest BCUT2D eigenvalue weighted by atomic mass is 16.5. The minimum absolute atomic E-state index is 0.197. The lowest BCUT2D eigenvalue weighted by molar-refractivity contribution is -0.149. The Balaban J connectivity index is 2.44. The van der Waals surface area contributed by atoms with Gasteiger partial charge in [-0.15, -0.1) is 0 Å². The summed E-state index contributed by atoms with van der Waals surface area (Å²) >= 11 is 0. The molecular formula is C10H19NO4. The molecule has 1 saturated carbocycles. The lowest BCUT2D eigenvalue weighted by atomic mass is 9.95. The highest BCUT2D eigenvalue weighted by Crippen LogP contribution is 2.39. The number of hydrogen-bond acceptors (Lipinski definition) is 4. The third-order valence-corrected chi connectivity index (χ3v) is 2.86. The predicted octanol–water partition coefficient (Wildman–Crippen LogP) is 0.102. The van der Waals surface area contributed by atoms with Gasteiger partial charge in [0.1, 0.15) is 5.54 Å². The van der Waals surface area contributed by atoms with Gasteiger partial charge in [0.25, 0.3) is 0 Å². The zero-order valence-corrected chi connectivity index (χ0v) is 9.28. The molecule has 0 heterocycles. The zero-order valence-electron chi connectivity index (χ0n) is 9.28. The first-order valence-electron chi connectivity index (χ1n) is 5.16. The minimum Gasteiger partial charge on any atom is -0.480 e. The molecule has 0 bridgehead atoms. The molecule has 0 radical (unpaired) electrons. The van der Waals surface area contributed by atoms with E-state index in [1.807, 2.05) is 0 Å². The topological polar surface area (TPSA) is 67.8 Å². The molecule has 0 spiro atoms. The fourth-order valence-electron chi connectivity index (χ4n) is 1.69. The lowest BCUT2D eigenvalue weighted by Gasteiger charge is -2.28. The van der Waals surface area contributed by atoms with Crippen molar-refractivity contribution in [3.05, 3.63) is 0 Å². The first-order valence-corrected chi connectivity index (χ1v) is 5.16. The van der Waals surface area contributed by atoms with Crippen molar-refractivity contribution < 1.29 is 19.4 Å². The van der Waals surface area contributed by atoms with Crippen molar-refractivity contribution in [1.82, 2.24) is 5.32 Å². The Morgan fingerprint density at radius 3 is 2.60 bits per heavy atom. The maximum atomic E-state index is 11.2. The Morgan fingerprint density at radius 1 is 1.53 bits per heavy atom. The van der Waals surface area contributed by atoms with E-state index in [2.05, 4.69) is 5.32 Å². The van der Waals surface area contributed by atoms with Gasteiger partial charge in [-0.1, -0.05) is 0 Å². The van der Waals surface area contributed by atoms with Crippen LogP contribution in [0.4, 0.5) is 0 Å². The average Bonchev–Trinajstić information content (AvgIpc) is 3.02. The summed E-state index contributed by atoms with van der Waals surface area (Å²) in [5.41, 5.74) is -0.909. The van der Waals surface area contributed by atoms with E-state index in [4.69, 9.17) is 9.47 Å². The number of nitrogens with one attached hydrogen (secondary N) is 1. The second-order valence-electron chi connectivity index (χ2n) is 3.85. The van der Waals surface area contributed by atoms with Crippen LogP contribution in [0.3, 0.4) is 0 Å². The summed E-state index contributed by atoms with van der Waals surface area (Å²) in [5.74, 6) is -0.632. The molecule has 0 amide bonds. The van der Waals surface area contributed by atoms with Gasteiger partial charge in [-0.25, -0.2) is 0 Å². The number of carboxylic acids is 1. The fourth-order valence-corrected chi connectivity index (χ4v) is 1.69. The van der Waals surface area contributed by atoms with E-state index >= 15 is 0 Å². The van der Waals surface area contributed by atoms with Crippen LogP contribution in [0.15, 0.2) is 0 Å². The summed E-state index contributed by atoms with van der Waals surface area (Å²) in [6, 6.07) is 0. The molecule has 5 heteroatoms. The van der Waals surface area contributed by atoms with E-state index < -0.39 is 11.5 Å². The molecule has 88 valence electrons. The van der Waals surface area contributed by atoms with E-state index in [1.54, 1.807) is 14.2 Å². The molecule has 0 aromatic heterocycles. The van der Waals surface area contributed by atoms with E-state index in [0.717, 1.165) is 12.8 Å². The van der Waals surface area contributed by atoms with Gasteiger partial charge in [-0.05, 0) is 25.8 Å². The number of likely N-dealkylation sites (N-methyl/N-ethyl adjacent to an activating group) is 1. The summed E-state index contributed by atoms with van der Waals surface area (Å²) in [4.78, 5) is 11.2. The van der Waals surface area contributed by atoms with Crippen LogP contribution in [0.25, 0.3) is 0 Å². The molecule has 1 aliphatic rings. The van der Waals surface area contributed by atoms with Crippen LogP contribution >= 0.6 is 0 Å². The SMILES string of the molecule is CNC(COCCOC)(C(=O)O)C1CC1. The molecule has 0 aromatic carbocycles. The second kappa shape index (κ2) is 5.44. The van der Waals surface area contributed by atoms with Crippen molar-refractivity contribution in [3.63, 3.8) is 0 Å². The molecule has 0 aliphatic heterocycles.